The van der Waals surface area contributed by atoms with Gasteiger partial charge in [-0.1, -0.05) is 12.8 Å². The molecule has 4 heteroatoms. The lowest BCUT2D eigenvalue weighted by Gasteiger charge is -2.34. The molecule has 0 saturated heterocycles. The average molecular weight is 199 g/mol. The highest BCUT2D eigenvalue weighted by molar-refractivity contribution is 5.85. The maximum atomic E-state index is 11.2. The van der Waals surface area contributed by atoms with E-state index in [1.54, 1.807) is 14.0 Å². The lowest BCUT2D eigenvalue weighted by atomic mass is 9.93. The standard InChI is InChI=1S/C10H17NO3/c1-7(12)11(3)10(2,9(13)14)6-8-4-5-8/h8H,4-6H2,1-3H3,(H,13,14). The van der Waals surface area contributed by atoms with Gasteiger partial charge in [-0.2, -0.15) is 0 Å². The number of rotatable bonds is 4. The SMILES string of the molecule is CC(=O)N(C)C(C)(CC1CC1)C(=O)O. The summed E-state index contributed by atoms with van der Waals surface area (Å²) < 4.78 is 0. The lowest BCUT2D eigenvalue weighted by molar-refractivity contribution is -0.156. The molecule has 0 spiro atoms. The number of carboxylic acids is 1. The molecular formula is C10H17NO3. The van der Waals surface area contributed by atoms with Gasteiger partial charge in [0.25, 0.3) is 0 Å². The molecule has 0 heterocycles. The van der Waals surface area contributed by atoms with Gasteiger partial charge in [0, 0.05) is 14.0 Å². The minimum absolute atomic E-state index is 0.199. The Bertz CT molecular complexity index is 260. The van der Waals surface area contributed by atoms with E-state index in [0.29, 0.717) is 12.3 Å². The first-order chi connectivity index (χ1) is 6.38. The molecule has 1 atom stereocenters. The maximum absolute atomic E-state index is 11.2. The Labute approximate surface area is 83.9 Å². The van der Waals surface area contributed by atoms with Crippen molar-refractivity contribution in [3.8, 4) is 0 Å². The van der Waals surface area contributed by atoms with E-state index >= 15 is 0 Å². The molecule has 1 aliphatic carbocycles. The van der Waals surface area contributed by atoms with Gasteiger partial charge in [0.05, 0.1) is 0 Å². The summed E-state index contributed by atoms with van der Waals surface area (Å²) in [6.45, 7) is 3.02. The molecule has 0 aliphatic heterocycles. The fraction of sp³-hybridized carbons (Fsp3) is 0.800. The minimum Gasteiger partial charge on any atom is -0.480 e. The molecule has 0 aromatic rings. The normalized spacial score (nSPS) is 19.9. The largest absolute Gasteiger partial charge is 0.480 e. The van der Waals surface area contributed by atoms with Crippen LogP contribution < -0.4 is 0 Å². The lowest BCUT2D eigenvalue weighted by Crippen LogP contribution is -2.52. The van der Waals surface area contributed by atoms with E-state index in [1.807, 2.05) is 0 Å². The highest BCUT2D eigenvalue weighted by Crippen LogP contribution is 2.38. The third kappa shape index (κ3) is 2.05. The molecule has 1 fully saturated rings. The van der Waals surface area contributed by atoms with Gasteiger partial charge in [-0.05, 0) is 19.3 Å². The van der Waals surface area contributed by atoms with Crippen molar-refractivity contribution in [1.29, 1.82) is 0 Å². The van der Waals surface area contributed by atoms with Crippen LogP contribution in [0, 0.1) is 5.92 Å². The number of carbonyl (C=O) groups is 2. The Hall–Kier alpha value is -1.06. The van der Waals surface area contributed by atoms with Crippen LogP contribution in [0.25, 0.3) is 0 Å². The summed E-state index contributed by atoms with van der Waals surface area (Å²) in [5, 5.41) is 9.13. The van der Waals surface area contributed by atoms with E-state index in [1.165, 1.54) is 11.8 Å². The van der Waals surface area contributed by atoms with E-state index in [9.17, 15) is 9.59 Å². The molecule has 1 N–H and O–H groups in total. The third-order valence-corrected chi connectivity index (χ3v) is 3.06. The molecule has 1 aliphatic rings. The van der Waals surface area contributed by atoms with Crippen molar-refractivity contribution < 1.29 is 14.7 Å². The molecule has 80 valence electrons. The van der Waals surface area contributed by atoms with Crippen molar-refractivity contribution in [2.24, 2.45) is 5.92 Å². The highest BCUT2D eigenvalue weighted by atomic mass is 16.4. The number of hydrogen-bond acceptors (Lipinski definition) is 2. The monoisotopic (exact) mass is 199 g/mol. The van der Waals surface area contributed by atoms with E-state index < -0.39 is 11.5 Å². The fourth-order valence-corrected chi connectivity index (χ4v) is 1.60. The van der Waals surface area contributed by atoms with Crippen molar-refractivity contribution in [1.82, 2.24) is 4.90 Å². The topological polar surface area (TPSA) is 57.6 Å². The predicted octanol–water partition coefficient (Wildman–Crippen LogP) is 1.11. The molecular weight excluding hydrogens is 182 g/mol. The first-order valence-electron chi connectivity index (χ1n) is 4.85. The molecule has 0 aromatic heterocycles. The van der Waals surface area contributed by atoms with Gasteiger partial charge >= 0.3 is 5.97 Å². The Kier molecular flexibility index (Phi) is 2.83. The van der Waals surface area contributed by atoms with Crippen LogP contribution >= 0.6 is 0 Å². The summed E-state index contributed by atoms with van der Waals surface area (Å²) in [4.78, 5) is 23.6. The van der Waals surface area contributed by atoms with Crippen LogP contribution in [0.1, 0.15) is 33.1 Å². The maximum Gasteiger partial charge on any atom is 0.329 e. The zero-order valence-corrected chi connectivity index (χ0v) is 8.91. The second kappa shape index (κ2) is 3.59. The fourth-order valence-electron chi connectivity index (χ4n) is 1.60. The second-order valence-corrected chi connectivity index (χ2v) is 4.30. The molecule has 1 unspecified atom stereocenters. The van der Waals surface area contributed by atoms with Crippen molar-refractivity contribution in [3.63, 3.8) is 0 Å². The second-order valence-electron chi connectivity index (χ2n) is 4.30. The van der Waals surface area contributed by atoms with Gasteiger partial charge in [-0.3, -0.25) is 4.79 Å². The highest BCUT2D eigenvalue weighted by Gasteiger charge is 2.43. The van der Waals surface area contributed by atoms with Crippen molar-refractivity contribution in [2.45, 2.75) is 38.6 Å². The van der Waals surface area contributed by atoms with Crippen LogP contribution in [-0.4, -0.2) is 34.5 Å². The van der Waals surface area contributed by atoms with E-state index in [2.05, 4.69) is 0 Å². The van der Waals surface area contributed by atoms with Crippen LogP contribution in [0.15, 0.2) is 0 Å². The van der Waals surface area contributed by atoms with Crippen LogP contribution in [0.4, 0.5) is 0 Å². The molecule has 1 saturated carbocycles. The van der Waals surface area contributed by atoms with Gasteiger partial charge in [-0.25, -0.2) is 4.79 Å². The van der Waals surface area contributed by atoms with Crippen LogP contribution in [0.5, 0.6) is 0 Å². The zero-order valence-electron chi connectivity index (χ0n) is 8.91. The molecule has 0 radical (unpaired) electrons. The minimum atomic E-state index is -1.03. The predicted molar refractivity (Wildman–Crippen MR) is 51.8 cm³/mol. The molecule has 14 heavy (non-hydrogen) atoms. The number of likely N-dealkylation sites (N-methyl/N-ethyl adjacent to an activating group) is 1. The molecule has 0 bridgehead atoms. The molecule has 1 amide bonds. The number of nitrogens with zero attached hydrogens (tertiary/aromatic N) is 1. The van der Waals surface area contributed by atoms with Crippen molar-refractivity contribution in [3.05, 3.63) is 0 Å². The number of carboxylic acid groups (broad SMARTS) is 1. The van der Waals surface area contributed by atoms with Crippen LogP contribution in [-0.2, 0) is 9.59 Å². The Morgan fingerprint density at radius 3 is 2.29 bits per heavy atom. The quantitative estimate of drug-likeness (QED) is 0.737. The van der Waals surface area contributed by atoms with E-state index in [4.69, 9.17) is 5.11 Å². The molecule has 1 rings (SSSR count). The summed E-state index contributed by atoms with van der Waals surface area (Å²) in [7, 11) is 1.55. The van der Waals surface area contributed by atoms with Crippen LogP contribution in [0.2, 0.25) is 0 Å². The Morgan fingerprint density at radius 1 is 1.50 bits per heavy atom. The van der Waals surface area contributed by atoms with E-state index in [0.717, 1.165) is 12.8 Å². The number of amides is 1. The van der Waals surface area contributed by atoms with Gasteiger partial charge in [0.2, 0.25) is 5.91 Å². The average Bonchev–Trinajstić information content (AvgIpc) is 2.86. The summed E-state index contributed by atoms with van der Waals surface area (Å²) >= 11 is 0. The Morgan fingerprint density at radius 2 is 2.00 bits per heavy atom. The smallest absolute Gasteiger partial charge is 0.329 e. The zero-order chi connectivity index (χ0) is 10.9. The Balaban J connectivity index is 2.78. The van der Waals surface area contributed by atoms with Gasteiger partial charge in [0.1, 0.15) is 5.54 Å². The summed E-state index contributed by atoms with van der Waals surface area (Å²) in [5.74, 6) is -0.629. The van der Waals surface area contributed by atoms with Gasteiger partial charge in [0.15, 0.2) is 0 Å². The van der Waals surface area contributed by atoms with Crippen molar-refractivity contribution >= 4 is 11.9 Å². The first-order valence-corrected chi connectivity index (χ1v) is 4.85. The molecule has 4 nitrogen and oxygen atoms in total. The molecule has 0 aromatic carbocycles. The third-order valence-electron chi connectivity index (χ3n) is 3.06. The first kappa shape index (κ1) is 11.0. The number of carbonyl (C=O) groups excluding carboxylic acids is 1. The number of hydrogen-bond donors (Lipinski definition) is 1. The van der Waals surface area contributed by atoms with Crippen LogP contribution in [0.3, 0.4) is 0 Å². The summed E-state index contributed by atoms with van der Waals surface area (Å²) in [5.41, 5.74) is -1.03. The van der Waals surface area contributed by atoms with E-state index in [-0.39, 0.29) is 5.91 Å². The van der Waals surface area contributed by atoms with Gasteiger partial charge in [-0.15, -0.1) is 0 Å². The van der Waals surface area contributed by atoms with Crippen molar-refractivity contribution in [2.75, 3.05) is 7.05 Å². The van der Waals surface area contributed by atoms with Gasteiger partial charge < -0.3 is 10.0 Å². The number of aliphatic carboxylic acids is 1. The summed E-state index contributed by atoms with van der Waals surface area (Å²) in [6, 6.07) is 0. The summed E-state index contributed by atoms with van der Waals surface area (Å²) in [6.07, 6.45) is 2.75.